The van der Waals surface area contributed by atoms with Crippen molar-refractivity contribution in [1.29, 1.82) is 0 Å². The highest BCUT2D eigenvalue weighted by Gasteiger charge is 2.53. The monoisotopic (exact) mass is 829 g/mol. The number of hydrogen-bond donors (Lipinski definition) is 3. The van der Waals surface area contributed by atoms with Crippen molar-refractivity contribution in [3.05, 3.63) is 12.2 Å². The van der Waals surface area contributed by atoms with Gasteiger partial charge >= 0.3 is 17.9 Å². The lowest BCUT2D eigenvalue weighted by molar-refractivity contribution is -0.344. The molecule has 17 heteroatoms. The molecular weight excluding hydrogens is 762 g/mol. The minimum absolute atomic E-state index is 0.00499. The fourth-order valence-electron chi connectivity index (χ4n) is 8.36. The normalized spacial score (nSPS) is 43.4. The lowest BCUT2D eigenvalue weighted by Gasteiger charge is -2.50. The molecule has 0 aromatic heterocycles. The molecule has 17 nitrogen and oxygen atoms in total. The molecule has 3 saturated heterocycles. The summed E-state index contributed by atoms with van der Waals surface area (Å²) in [7, 11) is 4.86. The van der Waals surface area contributed by atoms with Crippen LogP contribution in [-0.4, -0.2) is 163 Å². The quantitative estimate of drug-likeness (QED) is 0.0842. The number of nitrogens with zero attached hydrogens (tertiary/aromatic N) is 1. The summed E-state index contributed by atoms with van der Waals surface area (Å²) < 4.78 is 54.4. The topological polar surface area (TPSA) is 219 Å². The molecule has 4 aliphatic heterocycles. The third-order valence-electron chi connectivity index (χ3n) is 11.5. The molecule has 0 aromatic rings. The molecular formula is C41H67NO16. The highest BCUT2D eigenvalue weighted by molar-refractivity contribution is 5.72. The van der Waals surface area contributed by atoms with E-state index in [-0.39, 0.29) is 44.3 Å². The molecule has 0 bridgehead atoms. The Hall–Kier alpha value is -2.58. The minimum atomic E-state index is -1.49. The molecule has 332 valence electrons. The van der Waals surface area contributed by atoms with E-state index in [1.807, 2.05) is 6.92 Å². The van der Waals surface area contributed by atoms with Crippen LogP contribution < -0.4 is 0 Å². The van der Waals surface area contributed by atoms with Crippen LogP contribution in [0.3, 0.4) is 0 Å². The molecule has 0 radical (unpaired) electrons. The molecule has 18 atom stereocenters. The zero-order valence-electron chi connectivity index (χ0n) is 35.6. The number of carbonyl (C=O) groups excluding carboxylic acids is 4. The standard InChI is InChI=1S/C41H67NO16/c1-11-30(45)55-29-19-32(47)51-22(4)18-28-27(54-28)14-13-26(44)21(3)17-25(15-16-43)37(38(29)50-10)58-40-35(48)34(42(8)9)36(23(5)53-40)57-33-20-41(7,49)39(24(6)52-33)56-31(46)12-2/h13-14,16,21-29,33-40,44,48-49H,11-12,15,17-20H2,1-10H3/b14-13+/t21?,22?,23-,24+,25?,26?,27?,28?,29?,33+,34-,35-,36-,37?,38?,39+,40+,41-/m1/s1. The minimum Gasteiger partial charge on any atom is -0.462 e. The third-order valence-corrected chi connectivity index (χ3v) is 11.5. The van der Waals surface area contributed by atoms with Gasteiger partial charge in [0.1, 0.15) is 48.5 Å². The van der Waals surface area contributed by atoms with E-state index in [2.05, 4.69) is 0 Å². The molecule has 58 heavy (non-hydrogen) atoms. The highest BCUT2D eigenvalue weighted by atomic mass is 16.7. The first-order valence-corrected chi connectivity index (χ1v) is 20.6. The van der Waals surface area contributed by atoms with Crippen LogP contribution in [0.5, 0.6) is 0 Å². The van der Waals surface area contributed by atoms with Crippen LogP contribution in [0, 0.1) is 11.8 Å². The number of fused-ring (bicyclic) bond motifs is 1. The van der Waals surface area contributed by atoms with Gasteiger partial charge in [0.05, 0.1) is 43.0 Å². The first-order chi connectivity index (χ1) is 27.3. The van der Waals surface area contributed by atoms with Crippen molar-refractivity contribution in [2.45, 2.75) is 191 Å². The summed E-state index contributed by atoms with van der Waals surface area (Å²) in [6.45, 7) is 11.8. The molecule has 3 fully saturated rings. The number of methoxy groups -OCH3 is 1. The lowest BCUT2D eigenvalue weighted by Crippen LogP contribution is -2.66. The molecule has 0 spiro atoms. The van der Waals surface area contributed by atoms with Gasteiger partial charge in [-0.1, -0.05) is 32.9 Å². The first kappa shape index (κ1) is 48.1. The molecule has 0 aliphatic carbocycles. The molecule has 9 unspecified atom stereocenters. The number of likely N-dealkylation sites (N-methyl/N-ethyl adjacent to an activating group) is 1. The number of aliphatic hydroxyl groups excluding tert-OH is 2. The van der Waals surface area contributed by atoms with Crippen molar-refractivity contribution in [2.24, 2.45) is 11.8 Å². The molecule has 0 aromatic carbocycles. The van der Waals surface area contributed by atoms with Crippen molar-refractivity contribution in [3.63, 3.8) is 0 Å². The van der Waals surface area contributed by atoms with Gasteiger partial charge < -0.3 is 67.6 Å². The van der Waals surface area contributed by atoms with E-state index in [1.165, 1.54) is 7.11 Å². The van der Waals surface area contributed by atoms with E-state index < -0.39 is 121 Å². The summed E-state index contributed by atoms with van der Waals surface area (Å²) >= 11 is 0. The number of carbonyl (C=O) groups is 4. The number of epoxide rings is 1. The smallest absolute Gasteiger partial charge is 0.309 e. The highest BCUT2D eigenvalue weighted by Crippen LogP contribution is 2.38. The van der Waals surface area contributed by atoms with Crippen molar-refractivity contribution in [2.75, 3.05) is 21.2 Å². The first-order valence-electron chi connectivity index (χ1n) is 20.6. The van der Waals surface area contributed by atoms with Crippen molar-refractivity contribution in [1.82, 2.24) is 4.90 Å². The van der Waals surface area contributed by atoms with Crippen LogP contribution in [0.4, 0.5) is 0 Å². The molecule has 0 saturated carbocycles. The van der Waals surface area contributed by atoms with Crippen LogP contribution in [0.25, 0.3) is 0 Å². The van der Waals surface area contributed by atoms with E-state index in [9.17, 15) is 34.5 Å². The van der Waals surface area contributed by atoms with Gasteiger partial charge in [-0.25, -0.2) is 0 Å². The van der Waals surface area contributed by atoms with Gasteiger partial charge in [-0.15, -0.1) is 0 Å². The predicted octanol–water partition coefficient (Wildman–Crippen LogP) is 1.98. The number of aliphatic hydroxyl groups is 3. The number of aldehydes is 1. The fraction of sp³-hybridized carbons (Fsp3) is 0.854. The van der Waals surface area contributed by atoms with Crippen molar-refractivity contribution >= 4 is 24.2 Å². The molecule has 3 N–H and O–H groups in total. The second kappa shape index (κ2) is 21.3. The van der Waals surface area contributed by atoms with Gasteiger partial charge in [0.15, 0.2) is 18.7 Å². The Kier molecular flexibility index (Phi) is 17.6. The summed E-state index contributed by atoms with van der Waals surface area (Å²) in [6, 6.07) is -0.783. The van der Waals surface area contributed by atoms with Gasteiger partial charge in [-0.2, -0.15) is 0 Å². The summed E-state index contributed by atoms with van der Waals surface area (Å²) in [5.41, 5.74) is -1.49. The Morgan fingerprint density at radius 3 is 2.21 bits per heavy atom. The maximum atomic E-state index is 13.4. The number of ether oxygens (including phenoxy) is 9. The van der Waals surface area contributed by atoms with E-state index >= 15 is 0 Å². The zero-order chi connectivity index (χ0) is 43.1. The summed E-state index contributed by atoms with van der Waals surface area (Å²) in [5.74, 6) is -2.86. The summed E-state index contributed by atoms with van der Waals surface area (Å²) in [6.07, 6.45) is -8.08. The van der Waals surface area contributed by atoms with E-state index in [4.69, 9.17) is 42.6 Å². The van der Waals surface area contributed by atoms with Crippen LogP contribution >= 0.6 is 0 Å². The molecule has 0 amide bonds. The SMILES string of the molecule is CCC(=O)OC1CC(=O)OC(C)CC2OC2/C=C/C(O)C(C)CC(CC=O)C(O[C@@H]2O[C@H](C)[C@@H](O[C@H]3C[C@@](C)(O)[C@@H](OC(=O)CC)[C@H](C)O3)[C@H](N(C)C)[C@H]2O)C1OC. The van der Waals surface area contributed by atoms with E-state index in [0.717, 1.165) is 0 Å². The van der Waals surface area contributed by atoms with Gasteiger partial charge in [0.25, 0.3) is 0 Å². The number of cyclic esters (lactones) is 1. The van der Waals surface area contributed by atoms with Crippen LogP contribution in [0.15, 0.2) is 12.2 Å². The van der Waals surface area contributed by atoms with E-state index in [0.29, 0.717) is 12.7 Å². The Labute approximate surface area is 341 Å². The summed E-state index contributed by atoms with van der Waals surface area (Å²) in [4.78, 5) is 52.5. The van der Waals surface area contributed by atoms with Crippen LogP contribution in [0.1, 0.15) is 93.4 Å². The van der Waals surface area contributed by atoms with Gasteiger partial charge in [-0.05, 0) is 60.0 Å². The number of esters is 3. The molecule has 4 aliphatic rings. The van der Waals surface area contributed by atoms with Gasteiger partial charge in [0, 0.05) is 39.2 Å². The molecule has 4 heterocycles. The maximum absolute atomic E-state index is 13.4. The largest absolute Gasteiger partial charge is 0.462 e. The van der Waals surface area contributed by atoms with E-state index in [1.54, 1.807) is 72.7 Å². The van der Waals surface area contributed by atoms with Gasteiger partial charge in [-0.3, -0.25) is 14.4 Å². The summed E-state index contributed by atoms with van der Waals surface area (Å²) in [5, 5.41) is 34.6. The zero-order valence-corrected chi connectivity index (χ0v) is 35.6. The molecule has 4 rings (SSSR count). The van der Waals surface area contributed by atoms with Crippen LogP contribution in [0.2, 0.25) is 0 Å². The fourth-order valence-corrected chi connectivity index (χ4v) is 8.36. The van der Waals surface area contributed by atoms with Gasteiger partial charge in [0.2, 0.25) is 0 Å². The Bertz CT molecular complexity index is 1390. The van der Waals surface area contributed by atoms with Crippen molar-refractivity contribution < 1.29 is 77.1 Å². The Balaban J connectivity index is 1.67. The van der Waals surface area contributed by atoms with Crippen molar-refractivity contribution in [3.8, 4) is 0 Å². The second-order valence-corrected chi connectivity index (χ2v) is 16.7. The predicted molar refractivity (Wildman–Crippen MR) is 205 cm³/mol. The number of hydrogen-bond acceptors (Lipinski definition) is 17. The second-order valence-electron chi connectivity index (χ2n) is 16.7. The average molecular weight is 830 g/mol. The number of rotatable bonds is 12. The Morgan fingerprint density at radius 2 is 1.60 bits per heavy atom. The lowest BCUT2D eigenvalue weighted by atomic mass is 9.82. The average Bonchev–Trinajstić information content (AvgIpc) is 3.89. The Morgan fingerprint density at radius 1 is 0.931 bits per heavy atom. The maximum Gasteiger partial charge on any atom is 0.309 e. The third kappa shape index (κ3) is 12.5. The van der Waals surface area contributed by atoms with Crippen LogP contribution in [-0.2, 0) is 61.8 Å².